The zero-order valence-electron chi connectivity index (χ0n) is 15.4. The molecule has 1 saturated carbocycles. The number of hydrogen-bond acceptors (Lipinski definition) is 6. The molecule has 1 saturated heterocycles. The molecule has 2 aliphatic rings. The number of nitrogens with zero attached hydrogens (tertiary/aromatic N) is 3. The Bertz CT molecular complexity index is 609. The van der Waals surface area contributed by atoms with Gasteiger partial charge in [0.25, 0.3) is 0 Å². The van der Waals surface area contributed by atoms with Gasteiger partial charge >= 0.3 is 0 Å². The van der Waals surface area contributed by atoms with Gasteiger partial charge in [0.05, 0.1) is 6.10 Å². The molecule has 0 bridgehead atoms. The van der Waals surface area contributed by atoms with Crippen LogP contribution in [0.2, 0.25) is 0 Å². The van der Waals surface area contributed by atoms with Crippen LogP contribution in [0.25, 0.3) is 0 Å². The fraction of sp³-hybridized carbons (Fsp3) is 0.722. The molecule has 0 spiro atoms. The summed E-state index contributed by atoms with van der Waals surface area (Å²) in [4.78, 5) is 23.6. The highest BCUT2D eigenvalue weighted by Crippen LogP contribution is 2.49. The van der Waals surface area contributed by atoms with E-state index in [4.69, 9.17) is 10.5 Å². The molecule has 0 aromatic carbocycles. The van der Waals surface area contributed by atoms with Crippen molar-refractivity contribution in [3.63, 3.8) is 0 Å². The molecule has 3 atom stereocenters. The summed E-state index contributed by atoms with van der Waals surface area (Å²) in [6.07, 6.45) is 6.02. The molecule has 2 heterocycles. The number of hydrogen-bond donors (Lipinski definition) is 2. The van der Waals surface area contributed by atoms with E-state index in [1.807, 2.05) is 20.8 Å². The summed E-state index contributed by atoms with van der Waals surface area (Å²) >= 11 is 0. The van der Waals surface area contributed by atoms with Gasteiger partial charge in [-0.25, -0.2) is 9.97 Å². The monoisotopic (exact) mass is 347 g/mol. The number of carbonyl (C=O) groups is 1. The van der Waals surface area contributed by atoms with Crippen LogP contribution < -0.4 is 16.0 Å². The normalized spacial score (nSPS) is 31.3. The molecule has 138 valence electrons. The van der Waals surface area contributed by atoms with Gasteiger partial charge in [-0.3, -0.25) is 4.79 Å². The van der Waals surface area contributed by atoms with E-state index in [0.29, 0.717) is 25.5 Å². The number of rotatable bonds is 5. The van der Waals surface area contributed by atoms with Crippen molar-refractivity contribution in [2.75, 3.05) is 24.6 Å². The van der Waals surface area contributed by atoms with Gasteiger partial charge in [-0.05, 0) is 25.8 Å². The fourth-order valence-electron chi connectivity index (χ4n) is 3.87. The Labute approximate surface area is 149 Å². The molecule has 3 rings (SSSR count). The Kier molecular flexibility index (Phi) is 4.97. The molecule has 3 N–H and O–H groups in total. The molecule has 7 heteroatoms. The van der Waals surface area contributed by atoms with Gasteiger partial charge in [0, 0.05) is 50.0 Å². The first-order valence-electron chi connectivity index (χ1n) is 9.12. The van der Waals surface area contributed by atoms with Crippen LogP contribution in [0.15, 0.2) is 18.5 Å². The minimum Gasteiger partial charge on any atom is -0.378 e. The van der Waals surface area contributed by atoms with Crippen LogP contribution in [-0.4, -0.2) is 53.3 Å². The first-order valence-corrected chi connectivity index (χ1v) is 9.12. The summed E-state index contributed by atoms with van der Waals surface area (Å²) in [5.74, 6) is 0.638. The predicted octanol–water partition coefficient (Wildman–Crippen LogP) is 1.09. The minimum absolute atomic E-state index is 0.0359. The van der Waals surface area contributed by atoms with E-state index in [1.54, 1.807) is 18.5 Å². The predicted molar refractivity (Wildman–Crippen MR) is 96.1 cm³/mol. The van der Waals surface area contributed by atoms with E-state index >= 15 is 0 Å². The number of carbonyl (C=O) groups excluding carboxylic acids is 1. The highest BCUT2D eigenvalue weighted by Gasteiger charge is 2.63. The van der Waals surface area contributed by atoms with E-state index in [2.05, 4.69) is 20.2 Å². The van der Waals surface area contributed by atoms with Crippen molar-refractivity contribution in [3.05, 3.63) is 18.5 Å². The number of piperidine rings is 1. The van der Waals surface area contributed by atoms with Crippen molar-refractivity contribution < 1.29 is 9.53 Å². The van der Waals surface area contributed by atoms with Crippen molar-refractivity contribution >= 4 is 11.9 Å². The molecule has 1 aliphatic heterocycles. The van der Waals surface area contributed by atoms with Gasteiger partial charge in [-0.1, -0.05) is 13.8 Å². The highest BCUT2D eigenvalue weighted by molar-refractivity contribution is 5.89. The lowest BCUT2D eigenvalue weighted by Gasteiger charge is -2.58. The molecule has 2 fully saturated rings. The maximum atomic E-state index is 12.9. The van der Waals surface area contributed by atoms with Crippen molar-refractivity contribution in [3.8, 4) is 0 Å². The molecular weight excluding hydrogens is 318 g/mol. The molecule has 25 heavy (non-hydrogen) atoms. The number of amides is 1. The molecular formula is C18H29N5O2. The standard InChI is InChI=1S/C18H29N5O2/c1-4-25-14-11-18(19,17(14,2)3)15(24)22-13-7-5-10-23(12-13)16-20-8-6-9-21-16/h6,8-9,13-14H,4-5,7,10-12,19H2,1-3H3,(H,22,24). The third-order valence-electron chi connectivity index (χ3n) is 5.83. The van der Waals surface area contributed by atoms with Crippen molar-refractivity contribution in [2.45, 2.75) is 57.7 Å². The zero-order valence-corrected chi connectivity index (χ0v) is 15.4. The van der Waals surface area contributed by atoms with E-state index in [9.17, 15) is 4.79 Å². The lowest BCUT2D eigenvalue weighted by atomic mass is 9.54. The van der Waals surface area contributed by atoms with Crippen LogP contribution in [0.5, 0.6) is 0 Å². The second-order valence-electron chi connectivity index (χ2n) is 7.65. The van der Waals surface area contributed by atoms with Gasteiger partial charge in [0.1, 0.15) is 5.54 Å². The van der Waals surface area contributed by atoms with Gasteiger partial charge in [0.2, 0.25) is 11.9 Å². The SMILES string of the molecule is CCOC1CC(N)(C(=O)NC2CCCN(c3ncccn3)C2)C1(C)C. The van der Waals surface area contributed by atoms with Crippen molar-refractivity contribution in [1.29, 1.82) is 0 Å². The first kappa shape index (κ1) is 18.1. The van der Waals surface area contributed by atoms with E-state index < -0.39 is 5.54 Å². The molecule has 0 radical (unpaired) electrons. The third kappa shape index (κ3) is 3.22. The van der Waals surface area contributed by atoms with Crippen molar-refractivity contribution in [1.82, 2.24) is 15.3 Å². The number of nitrogens with one attached hydrogen (secondary N) is 1. The molecule has 1 aliphatic carbocycles. The maximum absolute atomic E-state index is 12.9. The summed E-state index contributed by atoms with van der Waals surface area (Å²) in [6, 6.07) is 1.87. The smallest absolute Gasteiger partial charge is 0.241 e. The second kappa shape index (κ2) is 6.88. The fourth-order valence-corrected chi connectivity index (χ4v) is 3.87. The van der Waals surface area contributed by atoms with Gasteiger partial charge in [-0.2, -0.15) is 0 Å². The first-order chi connectivity index (χ1) is 11.9. The Morgan fingerprint density at radius 1 is 1.44 bits per heavy atom. The molecule has 1 amide bonds. The molecule has 1 aromatic rings. The number of aromatic nitrogens is 2. The van der Waals surface area contributed by atoms with Crippen LogP contribution in [0.4, 0.5) is 5.95 Å². The Hall–Kier alpha value is -1.73. The van der Waals surface area contributed by atoms with E-state index in [1.165, 1.54) is 0 Å². The third-order valence-corrected chi connectivity index (χ3v) is 5.83. The van der Waals surface area contributed by atoms with Crippen LogP contribution in [0.1, 0.15) is 40.0 Å². The average Bonchev–Trinajstić information content (AvgIpc) is 2.62. The van der Waals surface area contributed by atoms with Gasteiger partial charge in [0.15, 0.2) is 0 Å². The minimum atomic E-state index is -0.877. The number of nitrogens with two attached hydrogens (primary N) is 1. The largest absolute Gasteiger partial charge is 0.378 e. The van der Waals surface area contributed by atoms with Gasteiger partial charge in [-0.15, -0.1) is 0 Å². The average molecular weight is 347 g/mol. The quantitative estimate of drug-likeness (QED) is 0.828. The Morgan fingerprint density at radius 2 is 2.16 bits per heavy atom. The molecule has 3 unspecified atom stereocenters. The summed E-state index contributed by atoms with van der Waals surface area (Å²) in [5.41, 5.74) is 5.23. The van der Waals surface area contributed by atoms with Gasteiger partial charge < -0.3 is 20.7 Å². The lowest BCUT2D eigenvalue weighted by Crippen LogP contribution is -2.76. The highest BCUT2D eigenvalue weighted by atomic mass is 16.5. The number of ether oxygens (including phenoxy) is 1. The lowest BCUT2D eigenvalue weighted by molar-refractivity contribution is -0.171. The summed E-state index contributed by atoms with van der Waals surface area (Å²) in [5, 5.41) is 3.16. The van der Waals surface area contributed by atoms with Crippen LogP contribution in [0.3, 0.4) is 0 Å². The Morgan fingerprint density at radius 3 is 2.80 bits per heavy atom. The summed E-state index contributed by atoms with van der Waals surface area (Å²) in [7, 11) is 0. The molecule has 1 aromatic heterocycles. The summed E-state index contributed by atoms with van der Waals surface area (Å²) < 4.78 is 5.72. The zero-order chi connectivity index (χ0) is 18.1. The molecule has 7 nitrogen and oxygen atoms in total. The van der Waals surface area contributed by atoms with Crippen molar-refractivity contribution in [2.24, 2.45) is 11.1 Å². The maximum Gasteiger partial charge on any atom is 0.241 e. The Balaban J connectivity index is 1.61. The van der Waals surface area contributed by atoms with Crippen LogP contribution in [-0.2, 0) is 9.53 Å². The number of anilines is 1. The van der Waals surface area contributed by atoms with E-state index in [0.717, 1.165) is 19.4 Å². The van der Waals surface area contributed by atoms with Crippen LogP contribution in [0, 0.1) is 5.41 Å². The van der Waals surface area contributed by atoms with E-state index in [-0.39, 0.29) is 23.5 Å². The topological polar surface area (TPSA) is 93.4 Å². The summed E-state index contributed by atoms with van der Waals surface area (Å²) in [6.45, 7) is 8.25. The second-order valence-corrected chi connectivity index (χ2v) is 7.65. The van der Waals surface area contributed by atoms with Crippen LogP contribution >= 0.6 is 0 Å².